The number of carbonyl (C=O) groups is 1. The van der Waals surface area contributed by atoms with Crippen LogP contribution in [-0.2, 0) is 28.2 Å². The van der Waals surface area contributed by atoms with E-state index < -0.39 is 34.8 Å². The zero-order valence-corrected chi connectivity index (χ0v) is 13.8. The highest BCUT2D eigenvalue weighted by Crippen LogP contribution is 2.38. The van der Waals surface area contributed by atoms with E-state index >= 15 is 0 Å². The molecule has 2 unspecified atom stereocenters. The molecule has 0 saturated carbocycles. The van der Waals surface area contributed by atoms with Crippen molar-refractivity contribution in [1.82, 2.24) is 0 Å². The van der Waals surface area contributed by atoms with Crippen molar-refractivity contribution >= 4 is 16.6 Å². The Kier molecular flexibility index (Phi) is 4.82. The van der Waals surface area contributed by atoms with Crippen LogP contribution in [0.5, 0.6) is 0 Å². The second kappa shape index (κ2) is 6.58. The first-order chi connectivity index (χ1) is 11.3. The zero-order chi connectivity index (χ0) is 17.5. The van der Waals surface area contributed by atoms with Crippen LogP contribution in [0.2, 0.25) is 0 Å². The molecular formula is C17H18F4O2S. The molecule has 2 atom stereocenters. The number of fused-ring (bicyclic) bond motifs is 2. The maximum Gasteiger partial charge on any atom is 0.416 e. The lowest BCUT2D eigenvalue weighted by Crippen LogP contribution is -2.41. The van der Waals surface area contributed by atoms with Crippen molar-refractivity contribution in [2.75, 3.05) is 0 Å². The maximum absolute atomic E-state index is 13.3. The molecule has 1 aromatic carbocycles. The molecule has 2 fully saturated rings. The van der Waals surface area contributed by atoms with Crippen LogP contribution in [0, 0.1) is 11.7 Å². The first-order valence-corrected chi connectivity index (χ1v) is 9.31. The van der Waals surface area contributed by atoms with Crippen molar-refractivity contribution in [2.24, 2.45) is 5.92 Å². The summed E-state index contributed by atoms with van der Waals surface area (Å²) in [7, 11) is -0.934. The summed E-state index contributed by atoms with van der Waals surface area (Å²) in [4.78, 5) is 12.5. The van der Waals surface area contributed by atoms with Gasteiger partial charge in [0, 0.05) is 33.6 Å². The highest BCUT2D eigenvalue weighted by Gasteiger charge is 2.41. The van der Waals surface area contributed by atoms with Crippen LogP contribution < -0.4 is 0 Å². The molecule has 24 heavy (non-hydrogen) atoms. The molecule has 3 rings (SSSR count). The van der Waals surface area contributed by atoms with Crippen LogP contribution in [0.4, 0.5) is 17.6 Å². The lowest BCUT2D eigenvalue weighted by molar-refractivity contribution is -0.138. The lowest BCUT2D eigenvalue weighted by atomic mass is 9.84. The fraction of sp³-hybridized carbons (Fsp3) is 0.588. The van der Waals surface area contributed by atoms with Crippen molar-refractivity contribution in [3.63, 3.8) is 0 Å². The Morgan fingerprint density at radius 2 is 1.79 bits per heavy atom. The molecule has 2 nitrogen and oxygen atoms in total. The lowest BCUT2D eigenvalue weighted by Gasteiger charge is -2.37. The van der Waals surface area contributed by atoms with Gasteiger partial charge in [-0.05, 0) is 49.4 Å². The Labute approximate surface area is 140 Å². The Hall–Kier alpha value is -1.24. The topological polar surface area (TPSA) is 34.1 Å². The smallest absolute Gasteiger partial charge is 0.299 e. The predicted octanol–water partition coefficient (Wildman–Crippen LogP) is 4.04. The highest BCUT2D eigenvalue weighted by atomic mass is 32.2. The number of benzene rings is 1. The van der Waals surface area contributed by atoms with Crippen LogP contribution in [-0.4, -0.2) is 20.5 Å². The van der Waals surface area contributed by atoms with Crippen molar-refractivity contribution in [3.8, 4) is 0 Å². The first-order valence-electron chi connectivity index (χ1n) is 8.03. The molecule has 0 radical (unpaired) electrons. The molecular weight excluding hydrogens is 344 g/mol. The minimum atomic E-state index is -4.62. The summed E-state index contributed by atoms with van der Waals surface area (Å²) >= 11 is 0. The fourth-order valence-electron chi connectivity index (χ4n) is 3.81. The SMILES string of the molecule is O=C(Cc1cc(F)ccc1C(F)(F)F)C1CC2CCCC(C1)S2=O. The number of carbonyl (C=O) groups excluding carboxylic acids is 1. The van der Waals surface area contributed by atoms with E-state index in [4.69, 9.17) is 0 Å². The minimum absolute atomic E-state index is 0.0268. The van der Waals surface area contributed by atoms with E-state index in [9.17, 15) is 26.6 Å². The van der Waals surface area contributed by atoms with Gasteiger partial charge in [0.25, 0.3) is 0 Å². The van der Waals surface area contributed by atoms with E-state index in [-0.39, 0.29) is 27.8 Å². The number of ketones is 1. The van der Waals surface area contributed by atoms with Gasteiger partial charge in [0.05, 0.1) is 5.56 Å². The molecule has 2 bridgehead atoms. The average Bonchev–Trinajstić information content (AvgIpc) is 2.45. The number of hydrogen-bond acceptors (Lipinski definition) is 2. The van der Waals surface area contributed by atoms with Gasteiger partial charge in [0.1, 0.15) is 11.6 Å². The number of halogens is 4. The molecule has 0 N–H and O–H groups in total. The standard InChI is InChI=1S/C17H18F4O2S/c18-12-4-5-15(17(19,20)21)10(6-12)9-16(22)11-7-13-2-1-3-14(8-11)24(13)23/h4-6,11,13-14H,1-3,7-9H2. The minimum Gasteiger partial charge on any atom is -0.299 e. The van der Waals surface area contributed by atoms with E-state index in [0.717, 1.165) is 31.4 Å². The Morgan fingerprint density at radius 3 is 2.38 bits per heavy atom. The Morgan fingerprint density at radius 1 is 1.17 bits per heavy atom. The first kappa shape index (κ1) is 17.6. The number of Topliss-reactive ketones (excluding diaryl/α,β-unsaturated/α-hetero) is 1. The van der Waals surface area contributed by atoms with Crippen molar-refractivity contribution in [1.29, 1.82) is 0 Å². The van der Waals surface area contributed by atoms with Gasteiger partial charge in [-0.15, -0.1) is 0 Å². The van der Waals surface area contributed by atoms with Gasteiger partial charge >= 0.3 is 6.18 Å². The summed E-state index contributed by atoms with van der Waals surface area (Å²) in [6.45, 7) is 0. The fourth-order valence-corrected chi connectivity index (χ4v) is 6.00. The van der Waals surface area contributed by atoms with Gasteiger partial charge < -0.3 is 0 Å². The largest absolute Gasteiger partial charge is 0.416 e. The maximum atomic E-state index is 13.3. The van der Waals surface area contributed by atoms with Crippen LogP contribution >= 0.6 is 0 Å². The van der Waals surface area contributed by atoms with Crippen LogP contribution in [0.3, 0.4) is 0 Å². The molecule has 2 aliphatic rings. The molecule has 2 heterocycles. The second-order valence-electron chi connectivity index (χ2n) is 6.61. The van der Waals surface area contributed by atoms with Gasteiger partial charge in [0.2, 0.25) is 0 Å². The molecule has 132 valence electrons. The normalized spacial score (nSPS) is 30.2. The van der Waals surface area contributed by atoms with Gasteiger partial charge in [-0.25, -0.2) is 4.39 Å². The summed E-state index contributed by atoms with van der Waals surface area (Å²) in [6, 6.07) is 2.23. The molecule has 1 aromatic rings. The van der Waals surface area contributed by atoms with E-state index in [1.165, 1.54) is 0 Å². The third kappa shape index (κ3) is 3.55. The second-order valence-corrected chi connectivity index (χ2v) is 8.60. The molecule has 0 aliphatic carbocycles. The van der Waals surface area contributed by atoms with Crippen LogP contribution in [0.25, 0.3) is 0 Å². The van der Waals surface area contributed by atoms with Crippen molar-refractivity contribution in [2.45, 2.75) is 55.2 Å². The molecule has 2 saturated heterocycles. The number of rotatable bonds is 3. The van der Waals surface area contributed by atoms with Crippen molar-refractivity contribution < 1.29 is 26.6 Å². The molecule has 0 spiro atoms. The van der Waals surface area contributed by atoms with E-state index in [1.54, 1.807) is 0 Å². The van der Waals surface area contributed by atoms with Gasteiger partial charge in [-0.3, -0.25) is 9.00 Å². The van der Waals surface area contributed by atoms with E-state index in [1.807, 2.05) is 0 Å². The van der Waals surface area contributed by atoms with E-state index in [0.29, 0.717) is 18.9 Å². The summed E-state index contributed by atoms with van der Waals surface area (Å²) in [5.74, 6) is -1.46. The summed E-state index contributed by atoms with van der Waals surface area (Å²) < 4.78 is 64.6. The number of alkyl halides is 3. The Bertz CT molecular complexity index is 655. The molecule has 0 aromatic heterocycles. The highest BCUT2D eigenvalue weighted by molar-refractivity contribution is 7.86. The van der Waals surface area contributed by atoms with Gasteiger partial charge in [-0.2, -0.15) is 13.2 Å². The summed E-state index contributed by atoms with van der Waals surface area (Å²) in [5.41, 5.74) is -1.28. The number of hydrogen-bond donors (Lipinski definition) is 0. The molecule has 0 amide bonds. The predicted molar refractivity (Wildman–Crippen MR) is 82.4 cm³/mol. The van der Waals surface area contributed by atoms with Crippen molar-refractivity contribution in [3.05, 3.63) is 35.1 Å². The zero-order valence-electron chi connectivity index (χ0n) is 12.9. The Balaban J connectivity index is 1.78. The van der Waals surface area contributed by atoms with Gasteiger partial charge in [-0.1, -0.05) is 6.42 Å². The average molecular weight is 362 g/mol. The quantitative estimate of drug-likeness (QED) is 0.761. The third-order valence-electron chi connectivity index (χ3n) is 5.00. The van der Waals surface area contributed by atoms with Crippen LogP contribution in [0.1, 0.15) is 43.2 Å². The van der Waals surface area contributed by atoms with E-state index in [2.05, 4.69) is 0 Å². The van der Waals surface area contributed by atoms with Crippen LogP contribution in [0.15, 0.2) is 18.2 Å². The molecule has 7 heteroatoms. The molecule has 2 aliphatic heterocycles. The summed E-state index contributed by atoms with van der Waals surface area (Å²) in [6.07, 6.45) is -1.50. The monoisotopic (exact) mass is 362 g/mol. The summed E-state index contributed by atoms with van der Waals surface area (Å²) in [5, 5.41) is -0.0536. The van der Waals surface area contributed by atoms with Gasteiger partial charge in [0.15, 0.2) is 0 Å². The third-order valence-corrected chi connectivity index (χ3v) is 7.17.